The molecule has 0 radical (unpaired) electrons. The van der Waals surface area contributed by atoms with Crippen molar-refractivity contribution in [1.29, 1.82) is 5.26 Å². The Morgan fingerprint density at radius 1 is 1.14 bits per heavy atom. The molecule has 0 atom stereocenters. The Hall–Kier alpha value is -1.88. The summed E-state index contributed by atoms with van der Waals surface area (Å²) in [6.45, 7) is 0. The van der Waals surface area contributed by atoms with Crippen LogP contribution >= 0.6 is 0 Å². The van der Waals surface area contributed by atoms with Crippen molar-refractivity contribution in [2.75, 3.05) is 0 Å². The Labute approximate surface area is 131 Å². The summed E-state index contributed by atoms with van der Waals surface area (Å²) >= 11 is 0. The van der Waals surface area contributed by atoms with Crippen LogP contribution in [-0.4, -0.2) is 5.78 Å². The Kier molecular flexibility index (Phi) is 3.18. The van der Waals surface area contributed by atoms with Gasteiger partial charge in [-0.3, -0.25) is 4.79 Å². The molecule has 22 heavy (non-hydrogen) atoms. The van der Waals surface area contributed by atoms with Gasteiger partial charge in [-0.25, -0.2) is 0 Å². The standard InChI is InChI=1S/C20H21NO/c21-13-15-3-1-2-14(6-15)4-5-19(22)20-10-16-7-17(11-20)9-18(8-16)12-20/h1-6,16-18H,7-12H2. The quantitative estimate of drug-likeness (QED) is 0.776. The zero-order valence-corrected chi connectivity index (χ0v) is 12.8. The van der Waals surface area contributed by atoms with Crippen molar-refractivity contribution in [3.05, 3.63) is 41.5 Å². The van der Waals surface area contributed by atoms with Crippen LogP contribution in [0.3, 0.4) is 0 Å². The first kappa shape index (κ1) is 13.8. The van der Waals surface area contributed by atoms with E-state index in [0.717, 1.165) is 42.6 Å². The molecule has 2 nitrogen and oxygen atoms in total. The summed E-state index contributed by atoms with van der Waals surface area (Å²) in [5, 5.41) is 8.95. The number of carbonyl (C=O) groups is 1. The first-order valence-electron chi connectivity index (χ1n) is 8.39. The summed E-state index contributed by atoms with van der Waals surface area (Å²) in [6, 6.07) is 9.59. The number of rotatable bonds is 3. The van der Waals surface area contributed by atoms with Crippen molar-refractivity contribution in [3.63, 3.8) is 0 Å². The molecule has 0 amide bonds. The highest BCUT2D eigenvalue weighted by Gasteiger charge is 2.53. The second-order valence-electron chi connectivity index (χ2n) is 7.63. The van der Waals surface area contributed by atoms with Crippen LogP contribution in [0.5, 0.6) is 0 Å². The van der Waals surface area contributed by atoms with Gasteiger partial charge < -0.3 is 0 Å². The molecule has 0 saturated heterocycles. The Bertz CT molecular complexity index is 644. The molecule has 112 valence electrons. The van der Waals surface area contributed by atoms with Crippen LogP contribution in [0, 0.1) is 34.5 Å². The normalized spacial score (nSPS) is 35.7. The van der Waals surface area contributed by atoms with E-state index in [9.17, 15) is 4.79 Å². The average Bonchev–Trinajstić information content (AvgIpc) is 2.51. The third-order valence-electron chi connectivity index (χ3n) is 6.00. The van der Waals surface area contributed by atoms with E-state index in [1.54, 1.807) is 12.1 Å². The lowest BCUT2D eigenvalue weighted by Crippen LogP contribution is -2.49. The van der Waals surface area contributed by atoms with Crippen LogP contribution < -0.4 is 0 Å². The van der Waals surface area contributed by atoms with E-state index < -0.39 is 0 Å². The van der Waals surface area contributed by atoms with E-state index >= 15 is 0 Å². The molecule has 5 rings (SSSR count). The molecule has 4 fully saturated rings. The van der Waals surface area contributed by atoms with E-state index in [1.165, 1.54) is 19.3 Å². The second kappa shape index (κ2) is 5.09. The van der Waals surface area contributed by atoms with Gasteiger partial charge in [0.1, 0.15) is 0 Å². The average molecular weight is 291 g/mol. The maximum atomic E-state index is 12.9. The highest BCUT2D eigenvalue weighted by Crippen LogP contribution is 2.60. The lowest BCUT2D eigenvalue weighted by atomic mass is 9.48. The summed E-state index contributed by atoms with van der Waals surface area (Å²) in [4.78, 5) is 12.9. The van der Waals surface area contributed by atoms with Crippen LogP contribution in [0.4, 0.5) is 0 Å². The monoisotopic (exact) mass is 291 g/mol. The molecule has 0 N–H and O–H groups in total. The van der Waals surface area contributed by atoms with Gasteiger partial charge in [-0.15, -0.1) is 0 Å². The summed E-state index contributed by atoms with van der Waals surface area (Å²) in [5.41, 5.74) is 1.53. The third-order valence-corrected chi connectivity index (χ3v) is 6.00. The molecular weight excluding hydrogens is 270 g/mol. The molecule has 2 heteroatoms. The second-order valence-corrected chi connectivity index (χ2v) is 7.63. The lowest BCUT2D eigenvalue weighted by Gasteiger charge is -2.55. The first-order valence-corrected chi connectivity index (χ1v) is 8.39. The summed E-state index contributed by atoms with van der Waals surface area (Å²) < 4.78 is 0. The van der Waals surface area contributed by atoms with Gasteiger partial charge in [0, 0.05) is 5.41 Å². The number of nitrogens with zero attached hydrogens (tertiary/aromatic N) is 1. The Morgan fingerprint density at radius 2 is 1.77 bits per heavy atom. The van der Waals surface area contributed by atoms with Crippen molar-refractivity contribution < 1.29 is 4.79 Å². The van der Waals surface area contributed by atoms with Crippen LogP contribution in [-0.2, 0) is 4.79 Å². The zero-order chi connectivity index (χ0) is 15.2. The molecular formula is C20H21NO. The van der Waals surface area contributed by atoms with Gasteiger partial charge in [0.2, 0.25) is 0 Å². The molecule has 1 aromatic carbocycles. The Morgan fingerprint density at radius 3 is 2.36 bits per heavy atom. The van der Waals surface area contributed by atoms with Crippen LogP contribution in [0.2, 0.25) is 0 Å². The number of ketones is 1. The van der Waals surface area contributed by atoms with Gasteiger partial charge in [0.15, 0.2) is 5.78 Å². The van der Waals surface area contributed by atoms with E-state index in [1.807, 2.05) is 24.3 Å². The van der Waals surface area contributed by atoms with Crippen molar-refractivity contribution in [1.82, 2.24) is 0 Å². The molecule has 0 heterocycles. The molecule has 0 aliphatic heterocycles. The summed E-state index contributed by atoms with van der Waals surface area (Å²) in [5.74, 6) is 2.72. The summed E-state index contributed by atoms with van der Waals surface area (Å²) in [6.07, 6.45) is 11.1. The first-order chi connectivity index (χ1) is 10.7. The van der Waals surface area contributed by atoms with Crippen molar-refractivity contribution in [2.24, 2.45) is 23.2 Å². The molecule has 0 aromatic heterocycles. The van der Waals surface area contributed by atoms with Crippen LogP contribution in [0.1, 0.15) is 49.7 Å². The van der Waals surface area contributed by atoms with Gasteiger partial charge in [0.05, 0.1) is 11.6 Å². The predicted molar refractivity (Wildman–Crippen MR) is 85.8 cm³/mol. The van der Waals surface area contributed by atoms with Gasteiger partial charge in [-0.05, 0) is 80.1 Å². The highest BCUT2D eigenvalue weighted by molar-refractivity contribution is 5.98. The van der Waals surface area contributed by atoms with Gasteiger partial charge >= 0.3 is 0 Å². The molecule has 4 aliphatic carbocycles. The lowest BCUT2D eigenvalue weighted by molar-refractivity contribution is -0.138. The van der Waals surface area contributed by atoms with E-state index in [-0.39, 0.29) is 5.41 Å². The maximum absolute atomic E-state index is 12.9. The Balaban J connectivity index is 1.55. The highest BCUT2D eigenvalue weighted by atomic mass is 16.1. The third kappa shape index (κ3) is 2.29. The minimum atomic E-state index is -0.0575. The number of allylic oxidation sites excluding steroid dienone is 1. The molecule has 0 spiro atoms. The zero-order valence-electron chi connectivity index (χ0n) is 12.8. The fraction of sp³-hybridized carbons (Fsp3) is 0.500. The van der Waals surface area contributed by atoms with E-state index in [0.29, 0.717) is 11.3 Å². The predicted octanol–water partition coefficient (Wildman–Crippen LogP) is 4.36. The number of benzene rings is 1. The molecule has 4 aliphatic rings. The summed E-state index contributed by atoms with van der Waals surface area (Å²) in [7, 11) is 0. The SMILES string of the molecule is N#Cc1cccc(C=CC(=O)C23CC4CC(CC(C4)C2)C3)c1. The molecule has 0 unspecified atom stereocenters. The van der Waals surface area contributed by atoms with E-state index in [2.05, 4.69) is 6.07 Å². The van der Waals surface area contributed by atoms with Gasteiger partial charge in [-0.1, -0.05) is 18.2 Å². The number of hydrogen-bond acceptors (Lipinski definition) is 2. The van der Waals surface area contributed by atoms with Crippen molar-refractivity contribution in [3.8, 4) is 6.07 Å². The van der Waals surface area contributed by atoms with Crippen LogP contribution in [0.25, 0.3) is 6.08 Å². The topological polar surface area (TPSA) is 40.9 Å². The number of hydrogen-bond donors (Lipinski definition) is 0. The van der Waals surface area contributed by atoms with Crippen molar-refractivity contribution in [2.45, 2.75) is 38.5 Å². The fourth-order valence-corrected chi connectivity index (χ4v) is 5.47. The minimum absolute atomic E-state index is 0.0575. The van der Waals surface area contributed by atoms with Gasteiger partial charge in [0.25, 0.3) is 0 Å². The van der Waals surface area contributed by atoms with Crippen LogP contribution in [0.15, 0.2) is 30.3 Å². The molecule has 4 saturated carbocycles. The van der Waals surface area contributed by atoms with Crippen molar-refractivity contribution >= 4 is 11.9 Å². The molecule has 4 bridgehead atoms. The fourth-order valence-electron chi connectivity index (χ4n) is 5.47. The number of nitriles is 1. The smallest absolute Gasteiger partial charge is 0.161 e. The minimum Gasteiger partial charge on any atom is -0.294 e. The maximum Gasteiger partial charge on any atom is 0.161 e. The number of carbonyl (C=O) groups excluding carboxylic acids is 1. The molecule has 1 aromatic rings. The van der Waals surface area contributed by atoms with Gasteiger partial charge in [-0.2, -0.15) is 5.26 Å². The largest absolute Gasteiger partial charge is 0.294 e. The van der Waals surface area contributed by atoms with E-state index in [4.69, 9.17) is 5.26 Å².